The van der Waals surface area contributed by atoms with E-state index in [2.05, 4.69) is 15.4 Å². The van der Waals surface area contributed by atoms with Gasteiger partial charge in [-0.15, -0.1) is 0 Å². The number of aromatic nitrogens is 3. The molecular weight excluding hydrogens is 202 g/mol. The molecule has 14 heavy (non-hydrogen) atoms. The van der Waals surface area contributed by atoms with Crippen LogP contribution in [0.5, 0.6) is 0 Å². The number of hydrogen-bond acceptors (Lipinski definition) is 4. The van der Waals surface area contributed by atoms with Crippen LogP contribution in [-0.2, 0) is 7.05 Å². The van der Waals surface area contributed by atoms with Gasteiger partial charge in [-0.2, -0.15) is 4.98 Å². The van der Waals surface area contributed by atoms with E-state index >= 15 is 0 Å². The molecule has 3 N–H and O–H groups in total. The fraction of sp³-hybridized carbons (Fsp3) is 0.250. The SMILES string of the molecule is Cc1cc2nc(Cl)nc(NN)c2n1C. The van der Waals surface area contributed by atoms with Crippen LogP contribution < -0.4 is 11.3 Å². The lowest BCUT2D eigenvalue weighted by atomic mass is 10.4. The highest BCUT2D eigenvalue weighted by Gasteiger charge is 2.10. The van der Waals surface area contributed by atoms with Crippen LogP contribution in [0, 0.1) is 6.92 Å². The number of rotatable bonds is 1. The quantitative estimate of drug-likeness (QED) is 0.423. The predicted molar refractivity (Wildman–Crippen MR) is 56.1 cm³/mol. The molecule has 2 rings (SSSR count). The summed E-state index contributed by atoms with van der Waals surface area (Å²) in [4.78, 5) is 8.10. The zero-order chi connectivity index (χ0) is 10.3. The lowest BCUT2D eigenvalue weighted by Gasteiger charge is -2.04. The molecule has 2 aromatic rings. The van der Waals surface area contributed by atoms with E-state index in [0.717, 1.165) is 16.7 Å². The van der Waals surface area contributed by atoms with Gasteiger partial charge in [-0.1, -0.05) is 0 Å². The second-order valence-corrected chi connectivity index (χ2v) is 3.40. The number of halogens is 1. The number of aryl methyl sites for hydroxylation is 2. The van der Waals surface area contributed by atoms with E-state index in [1.807, 2.05) is 24.6 Å². The van der Waals surface area contributed by atoms with Crippen LogP contribution in [-0.4, -0.2) is 14.5 Å². The van der Waals surface area contributed by atoms with Crippen molar-refractivity contribution in [2.45, 2.75) is 6.92 Å². The van der Waals surface area contributed by atoms with E-state index < -0.39 is 0 Å². The Morgan fingerprint density at radius 1 is 1.50 bits per heavy atom. The summed E-state index contributed by atoms with van der Waals surface area (Å²) in [5.41, 5.74) is 5.23. The zero-order valence-electron chi connectivity index (χ0n) is 7.87. The monoisotopic (exact) mass is 211 g/mol. The van der Waals surface area contributed by atoms with E-state index in [-0.39, 0.29) is 5.28 Å². The Morgan fingerprint density at radius 3 is 2.86 bits per heavy atom. The second kappa shape index (κ2) is 3.11. The van der Waals surface area contributed by atoms with E-state index in [1.165, 1.54) is 0 Å². The fourth-order valence-corrected chi connectivity index (χ4v) is 1.62. The molecular formula is C8H10ClN5. The van der Waals surface area contributed by atoms with Gasteiger partial charge in [0, 0.05) is 12.7 Å². The molecule has 0 saturated carbocycles. The van der Waals surface area contributed by atoms with E-state index in [4.69, 9.17) is 17.4 Å². The highest BCUT2D eigenvalue weighted by molar-refractivity contribution is 6.28. The molecule has 0 aliphatic heterocycles. The normalized spacial score (nSPS) is 10.9. The molecule has 6 heteroatoms. The van der Waals surface area contributed by atoms with E-state index in [1.54, 1.807) is 0 Å². The van der Waals surface area contributed by atoms with Crippen molar-refractivity contribution in [3.63, 3.8) is 0 Å². The van der Waals surface area contributed by atoms with Crippen molar-refractivity contribution in [1.29, 1.82) is 0 Å². The number of hydrazine groups is 1. The van der Waals surface area contributed by atoms with E-state index in [9.17, 15) is 0 Å². The van der Waals surface area contributed by atoms with Crippen LogP contribution in [0.2, 0.25) is 5.28 Å². The van der Waals surface area contributed by atoms with Gasteiger partial charge >= 0.3 is 0 Å². The number of nitrogens with one attached hydrogen (secondary N) is 1. The van der Waals surface area contributed by atoms with Gasteiger partial charge in [-0.05, 0) is 24.6 Å². The lowest BCUT2D eigenvalue weighted by Crippen LogP contribution is -2.10. The summed E-state index contributed by atoms with van der Waals surface area (Å²) in [5, 5.41) is 0.191. The summed E-state index contributed by atoms with van der Waals surface area (Å²) >= 11 is 5.74. The van der Waals surface area contributed by atoms with Crippen molar-refractivity contribution >= 4 is 28.5 Å². The highest BCUT2D eigenvalue weighted by Crippen LogP contribution is 2.23. The summed E-state index contributed by atoms with van der Waals surface area (Å²) < 4.78 is 1.96. The Labute approximate surface area is 85.9 Å². The van der Waals surface area contributed by atoms with E-state index in [0.29, 0.717) is 5.82 Å². The third-order valence-corrected chi connectivity index (χ3v) is 2.40. The molecule has 0 unspecified atom stereocenters. The van der Waals surface area contributed by atoms with Crippen molar-refractivity contribution in [1.82, 2.24) is 14.5 Å². The molecule has 0 bridgehead atoms. The minimum atomic E-state index is 0.191. The van der Waals surface area contributed by atoms with Crippen LogP contribution in [0.1, 0.15) is 5.69 Å². The molecule has 0 amide bonds. The Morgan fingerprint density at radius 2 is 2.21 bits per heavy atom. The van der Waals surface area contributed by atoms with Gasteiger partial charge in [0.05, 0.1) is 5.52 Å². The van der Waals surface area contributed by atoms with Crippen molar-refractivity contribution in [2.75, 3.05) is 5.43 Å². The Bertz CT molecular complexity index is 490. The number of nitrogen functional groups attached to an aromatic ring is 1. The van der Waals surface area contributed by atoms with Gasteiger partial charge in [-0.3, -0.25) is 0 Å². The van der Waals surface area contributed by atoms with Gasteiger partial charge in [0.25, 0.3) is 0 Å². The van der Waals surface area contributed by atoms with Crippen molar-refractivity contribution in [3.8, 4) is 0 Å². The average molecular weight is 212 g/mol. The Hall–Kier alpha value is -1.33. The van der Waals surface area contributed by atoms with Crippen molar-refractivity contribution in [2.24, 2.45) is 12.9 Å². The molecule has 0 spiro atoms. The topological polar surface area (TPSA) is 68.8 Å². The fourth-order valence-electron chi connectivity index (χ4n) is 1.45. The molecule has 74 valence electrons. The largest absolute Gasteiger partial charge is 0.344 e. The maximum atomic E-state index is 5.74. The molecule has 5 nitrogen and oxygen atoms in total. The number of fused-ring (bicyclic) bond motifs is 1. The predicted octanol–water partition coefficient (Wildman–Crippen LogP) is 1.22. The number of anilines is 1. The molecule has 0 aromatic carbocycles. The van der Waals surface area contributed by atoms with Gasteiger partial charge in [0.1, 0.15) is 5.52 Å². The Kier molecular flexibility index (Phi) is 2.05. The smallest absolute Gasteiger partial charge is 0.225 e. The van der Waals surface area contributed by atoms with Crippen LogP contribution in [0.15, 0.2) is 6.07 Å². The standard InChI is InChI=1S/C8H10ClN5/c1-4-3-5-6(14(4)2)7(13-10)12-8(9)11-5/h3H,10H2,1-2H3,(H,11,12,13). The van der Waals surface area contributed by atoms with Gasteiger partial charge < -0.3 is 9.99 Å². The number of nitrogens with two attached hydrogens (primary N) is 1. The third-order valence-electron chi connectivity index (χ3n) is 2.23. The average Bonchev–Trinajstić information content (AvgIpc) is 2.41. The zero-order valence-corrected chi connectivity index (χ0v) is 8.63. The van der Waals surface area contributed by atoms with Crippen LogP contribution in [0.25, 0.3) is 11.0 Å². The molecule has 0 fully saturated rings. The lowest BCUT2D eigenvalue weighted by molar-refractivity contribution is 0.914. The summed E-state index contributed by atoms with van der Waals surface area (Å²) in [6.45, 7) is 1.98. The van der Waals surface area contributed by atoms with Crippen LogP contribution in [0.3, 0.4) is 0 Å². The molecule has 0 saturated heterocycles. The molecule has 0 aliphatic carbocycles. The third kappa shape index (κ3) is 1.21. The molecule has 0 atom stereocenters. The number of hydrogen-bond donors (Lipinski definition) is 2. The maximum absolute atomic E-state index is 5.74. The first-order chi connectivity index (χ1) is 6.63. The van der Waals surface area contributed by atoms with Gasteiger partial charge in [0.2, 0.25) is 5.28 Å². The first-order valence-corrected chi connectivity index (χ1v) is 4.47. The molecule has 0 aliphatic rings. The summed E-state index contributed by atoms with van der Waals surface area (Å²) in [5.74, 6) is 5.89. The van der Waals surface area contributed by atoms with Crippen LogP contribution in [0.4, 0.5) is 5.82 Å². The maximum Gasteiger partial charge on any atom is 0.225 e. The second-order valence-electron chi connectivity index (χ2n) is 3.06. The minimum Gasteiger partial charge on any atom is -0.344 e. The summed E-state index contributed by atoms with van der Waals surface area (Å²) in [6.07, 6.45) is 0. The highest BCUT2D eigenvalue weighted by atomic mass is 35.5. The first-order valence-electron chi connectivity index (χ1n) is 4.09. The van der Waals surface area contributed by atoms with Crippen LogP contribution >= 0.6 is 11.6 Å². The molecule has 2 heterocycles. The Balaban J connectivity index is 2.88. The van der Waals surface area contributed by atoms with Gasteiger partial charge in [0.15, 0.2) is 5.82 Å². The van der Waals surface area contributed by atoms with Gasteiger partial charge in [-0.25, -0.2) is 10.8 Å². The molecule has 2 aromatic heterocycles. The first kappa shape index (κ1) is 9.23. The van der Waals surface area contributed by atoms with Crippen molar-refractivity contribution in [3.05, 3.63) is 17.0 Å². The summed E-state index contributed by atoms with van der Waals surface area (Å²) in [6, 6.07) is 1.93. The summed E-state index contributed by atoms with van der Waals surface area (Å²) in [7, 11) is 1.93. The molecule has 0 radical (unpaired) electrons. The van der Waals surface area contributed by atoms with Crippen molar-refractivity contribution < 1.29 is 0 Å². The number of nitrogens with zero attached hydrogens (tertiary/aromatic N) is 3. The minimum absolute atomic E-state index is 0.191.